The van der Waals surface area contributed by atoms with Crippen LogP contribution in [0.25, 0.3) is 11.0 Å². The van der Waals surface area contributed by atoms with Crippen molar-refractivity contribution in [1.29, 1.82) is 0 Å². The number of nitrogen functional groups attached to an aromatic ring is 1. The first-order valence-corrected chi connectivity index (χ1v) is 10.5. The van der Waals surface area contributed by atoms with Crippen LogP contribution in [0, 0.1) is 11.8 Å². The number of ether oxygens (including phenoxy) is 1. The van der Waals surface area contributed by atoms with Crippen LogP contribution in [-0.4, -0.2) is 83.9 Å². The van der Waals surface area contributed by atoms with E-state index in [0.717, 1.165) is 0 Å². The molecule has 31 heavy (non-hydrogen) atoms. The van der Waals surface area contributed by atoms with Gasteiger partial charge in [-0.2, -0.15) is 0 Å². The SMILES string of the molecule is CN(C)C(=O)C#Cc1cn([C@@H]2O[C@H](COP(=O)(O)O)[C@@H](O)[C@@]2(C)O)c2ncnc(N)c12. The van der Waals surface area contributed by atoms with E-state index in [9.17, 15) is 19.6 Å². The zero-order chi connectivity index (χ0) is 23.1. The van der Waals surface area contributed by atoms with Crippen molar-refractivity contribution in [1.82, 2.24) is 19.4 Å². The number of rotatable bonds is 4. The van der Waals surface area contributed by atoms with E-state index < -0.39 is 44.4 Å². The fourth-order valence-corrected chi connectivity index (χ4v) is 3.50. The van der Waals surface area contributed by atoms with Crippen LogP contribution in [0.5, 0.6) is 0 Å². The minimum Gasteiger partial charge on any atom is -0.387 e. The molecule has 2 aromatic rings. The molecule has 1 saturated heterocycles. The number of hydrogen-bond acceptors (Lipinski definition) is 9. The molecule has 1 aliphatic rings. The van der Waals surface area contributed by atoms with Gasteiger partial charge in [-0.05, 0) is 6.92 Å². The molecule has 1 aliphatic heterocycles. The summed E-state index contributed by atoms with van der Waals surface area (Å²) >= 11 is 0. The largest absolute Gasteiger partial charge is 0.469 e. The number of nitrogens with two attached hydrogens (primary N) is 1. The maximum atomic E-state index is 11.8. The summed E-state index contributed by atoms with van der Waals surface area (Å²) in [6.07, 6.45) is -1.43. The molecule has 0 aromatic carbocycles. The maximum Gasteiger partial charge on any atom is 0.469 e. The van der Waals surface area contributed by atoms with Gasteiger partial charge in [0.05, 0.1) is 17.6 Å². The summed E-state index contributed by atoms with van der Waals surface area (Å²) in [5.74, 6) is 4.77. The first-order valence-electron chi connectivity index (χ1n) is 8.93. The zero-order valence-electron chi connectivity index (χ0n) is 16.8. The van der Waals surface area contributed by atoms with E-state index in [1.165, 1.54) is 28.9 Å². The number of aliphatic hydroxyl groups excluding tert-OH is 1. The first-order chi connectivity index (χ1) is 14.3. The van der Waals surface area contributed by atoms with Crippen LogP contribution >= 0.6 is 7.82 Å². The third-order valence-electron chi connectivity index (χ3n) is 4.76. The molecule has 13 nitrogen and oxygen atoms in total. The Balaban J connectivity index is 2.05. The maximum absolute atomic E-state index is 11.8. The van der Waals surface area contributed by atoms with Crippen LogP contribution in [0.1, 0.15) is 18.7 Å². The highest BCUT2D eigenvalue weighted by atomic mass is 31.2. The summed E-state index contributed by atoms with van der Waals surface area (Å²) in [6.45, 7) is 0.621. The average molecular weight is 455 g/mol. The molecule has 0 bridgehead atoms. The number of amides is 1. The Morgan fingerprint density at radius 1 is 1.45 bits per heavy atom. The van der Waals surface area contributed by atoms with Crippen LogP contribution < -0.4 is 5.73 Å². The summed E-state index contributed by atoms with van der Waals surface area (Å²) in [5, 5.41) is 21.7. The van der Waals surface area contributed by atoms with E-state index in [1.54, 1.807) is 14.1 Å². The van der Waals surface area contributed by atoms with Crippen LogP contribution in [0.2, 0.25) is 0 Å². The predicted molar refractivity (Wildman–Crippen MR) is 106 cm³/mol. The Bertz CT molecular complexity index is 1110. The molecule has 0 saturated carbocycles. The van der Waals surface area contributed by atoms with Gasteiger partial charge in [0, 0.05) is 26.2 Å². The summed E-state index contributed by atoms with van der Waals surface area (Å²) < 4.78 is 22.4. The molecule has 168 valence electrons. The number of aromatic nitrogens is 3. The van der Waals surface area contributed by atoms with Crippen molar-refractivity contribution in [3.63, 3.8) is 0 Å². The van der Waals surface area contributed by atoms with Crippen LogP contribution in [-0.2, 0) is 18.6 Å². The minimum absolute atomic E-state index is 0.0740. The highest BCUT2D eigenvalue weighted by molar-refractivity contribution is 7.46. The van der Waals surface area contributed by atoms with E-state index >= 15 is 0 Å². The molecule has 6 N–H and O–H groups in total. The van der Waals surface area contributed by atoms with E-state index in [1.807, 2.05) is 0 Å². The molecule has 0 unspecified atom stereocenters. The van der Waals surface area contributed by atoms with E-state index in [-0.39, 0.29) is 17.0 Å². The van der Waals surface area contributed by atoms with Gasteiger partial charge in [0.1, 0.15) is 35.6 Å². The van der Waals surface area contributed by atoms with Gasteiger partial charge < -0.3 is 39.9 Å². The first kappa shape index (κ1) is 23.1. The van der Waals surface area contributed by atoms with Crippen molar-refractivity contribution in [2.24, 2.45) is 0 Å². The third-order valence-corrected chi connectivity index (χ3v) is 5.25. The highest BCUT2D eigenvalue weighted by Gasteiger charge is 2.54. The van der Waals surface area contributed by atoms with E-state index in [0.29, 0.717) is 5.39 Å². The number of nitrogens with zero attached hydrogens (tertiary/aromatic N) is 4. The average Bonchev–Trinajstić information content (AvgIpc) is 3.14. The van der Waals surface area contributed by atoms with Gasteiger partial charge in [0.15, 0.2) is 6.23 Å². The molecule has 3 rings (SSSR count). The molecule has 0 aliphatic carbocycles. The Morgan fingerprint density at radius 3 is 2.74 bits per heavy atom. The minimum atomic E-state index is -4.82. The molecule has 0 radical (unpaired) electrons. The number of fused-ring (bicyclic) bond motifs is 1. The van der Waals surface area contributed by atoms with Crippen LogP contribution in [0.15, 0.2) is 12.5 Å². The zero-order valence-corrected chi connectivity index (χ0v) is 17.7. The lowest BCUT2D eigenvalue weighted by molar-refractivity contribution is -0.122. The monoisotopic (exact) mass is 455 g/mol. The Labute approximate surface area is 176 Å². The van der Waals surface area contributed by atoms with Gasteiger partial charge in [-0.1, -0.05) is 5.92 Å². The van der Waals surface area contributed by atoms with Gasteiger partial charge in [0.2, 0.25) is 0 Å². The van der Waals surface area contributed by atoms with E-state index in [2.05, 4.69) is 26.3 Å². The summed E-state index contributed by atoms with van der Waals surface area (Å²) in [5.41, 5.74) is 4.56. The molecule has 4 atom stereocenters. The number of carbonyl (C=O) groups excluding carboxylic acids is 1. The summed E-state index contributed by atoms with van der Waals surface area (Å²) in [4.78, 5) is 39.0. The smallest absolute Gasteiger partial charge is 0.387 e. The number of anilines is 1. The summed E-state index contributed by atoms with van der Waals surface area (Å²) in [7, 11) is -1.73. The van der Waals surface area contributed by atoms with Gasteiger partial charge in [-0.25, -0.2) is 14.5 Å². The molecule has 14 heteroatoms. The standard InChI is InChI=1S/C17H22N5O8P/c1-17(25)13(24)10(7-29-31(26,27)28)30-16(17)22-6-9(4-5-11(23)21(2)3)12-14(18)19-8-20-15(12)22/h6,8,10,13,16,24-25H,7H2,1-3H3,(H2,18,19,20)(H2,26,27,28)/t10-,13-,16-,17-/m1/s1. The third kappa shape index (κ3) is 4.56. The lowest BCUT2D eigenvalue weighted by atomic mass is 9.96. The van der Waals surface area contributed by atoms with Gasteiger partial charge in [0.25, 0.3) is 5.91 Å². The molecule has 2 aromatic heterocycles. The molecule has 3 heterocycles. The molecule has 0 spiro atoms. The fraction of sp³-hybridized carbons (Fsp3) is 0.471. The Hall–Kier alpha value is -2.56. The van der Waals surface area contributed by atoms with Gasteiger partial charge in [-0.3, -0.25) is 9.32 Å². The highest BCUT2D eigenvalue weighted by Crippen LogP contribution is 2.43. The van der Waals surface area contributed by atoms with Gasteiger partial charge in [-0.15, -0.1) is 0 Å². The number of carbonyl (C=O) groups is 1. The molecule has 1 fully saturated rings. The second kappa shape index (κ2) is 8.18. The second-order valence-corrected chi connectivity index (χ2v) is 8.58. The Morgan fingerprint density at radius 2 is 2.13 bits per heavy atom. The quantitative estimate of drug-likeness (QED) is 0.268. The van der Waals surface area contributed by atoms with Crippen molar-refractivity contribution >= 4 is 30.6 Å². The lowest BCUT2D eigenvalue weighted by Gasteiger charge is -2.27. The van der Waals surface area contributed by atoms with Crippen molar-refractivity contribution < 1.29 is 38.6 Å². The summed E-state index contributed by atoms with van der Waals surface area (Å²) in [6, 6.07) is 0. The van der Waals surface area contributed by atoms with Crippen LogP contribution in [0.4, 0.5) is 5.82 Å². The van der Waals surface area contributed by atoms with E-state index in [4.69, 9.17) is 20.3 Å². The predicted octanol–water partition coefficient (Wildman–Crippen LogP) is -1.43. The number of aliphatic hydroxyl groups is 2. The van der Waals surface area contributed by atoms with Crippen LogP contribution in [0.3, 0.4) is 0 Å². The molecular weight excluding hydrogens is 433 g/mol. The van der Waals surface area contributed by atoms with Crippen molar-refractivity contribution in [3.8, 4) is 11.8 Å². The van der Waals surface area contributed by atoms with Crippen molar-refractivity contribution in [2.45, 2.75) is 31.0 Å². The molecular formula is C17H22N5O8P. The number of phosphoric ester groups is 1. The number of hydrogen-bond donors (Lipinski definition) is 5. The second-order valence-electron chi connectivity index (χ2n) is 7.34. The topological polar surface area (TPSA) is 193 Å². The van der Waals surface area contributed by atoms with Crippen molar-refractivity contribution in [2.75, 3.05) is 26.4 Å². The van der Waals surface area contributed by atoms with Gasteiger partial charge >= 0.3 is 7.82 Å². The lowest BCUT2D eigenvalue weighted by Crippen LogP contribution is -2.44. The number of phosphoric acid groups is 1. The molecule has 1 amide bonds. The Kier molecular flexibility index (Phi) is 6.09. The normalized spacial score (nSPS) is 26.0. The van der Waals surface area contributed by atoms with Crippen molar-refractivity contribution in [3.05, 3.63) is 18.1 Å². The fourth-order valence-electron chi connectivity index (χ4n) is 3.16.